The van der Waals surface area contributed by atoms with Gasteiger partial charge in [-0.25, -0.2) is 0 Å². The number of carbonyl (C=O) groups excluding carboxylic acids is 2. The fourth-order valence-electron chi connectivity index (χ4n) is 3.38. The van der Waals surface area contributed by atoms with Gasteiger partial charge in [0.1, 0.15) is 5.70 Å². The van der Waals surface area contributed by atoms with Crippen molar-refractivity contribution in [2.45, 2.75) is 26.7 Å². The minimum absolute atomic E-state index is 0.0217. The van der Waals surface area contributed by atoms with Gasteiger partial charge in [-0.15, -0.1) is 0 Å². The number of nitrogens with two attached hydrogens (primary N) is 3. The summed E-state index contributed by atoms with van der Waals surface area (Å²) < 4.78 is 0. The van der Waals surface area contributed by atoms with Crippen LogP contribution in [0.1, 0.15) is 41.3 Å². The number of anilines is 1. The highest BCUT2D eigenvalue weighted by atomic mass is 16.2. The van der Waals surface area contributed by atoms with Crippen molar-refractivity contribution in [3.05, 3.63) is 58.8 Å². The zero-order valence-electron chi connectivity index (χ0n) is 17.5. The summed E-state index contributed by atoms with van der Waals surface area (Å²) in [6.07, 6.45) is 1.83. The largest absolute Gasteiger partial charge is 0.398 e. The van der Waals surface area contributed by atoms with E-state index in [4.69, 9.17) is 17.2 Å². The lowest BCUT2D eigenvalue weighted by molar-refractivity contribution is -0.117. The van der Waals surface area contributed by atoms with Crippen LogP contribution in [0.2, 0.25) is 0 Å². The van der Waals surface area contributed by atoms with Gasteiger partial charge < -0.3 is 27.4 Å². The Balaban J connectivity index is 2.01. The first kappa shape index (κ1) is 21.2. The van der Waals surface area contributed by atoms with E-state index < -0.39 is 5.91 Å². The van der Waals surface area contributed by atoms with Crippen molar-refractivity contribution in [3.8, 4) is 11.1 Å². The summed E-state index contributed by atoms with van der Waals surface area (Å²) >= 11 is 0. The number of likely N-dealkylation sites (tertiary alicyclic amines) is 1. The normalized spacial score (nSPS) is 14.0. The SMILES string of the molecule is CCCNC(=O)/C(N)=C(\N)c1cccc(-c2cc(C(=O)N3CCC3)ccc2C)c1N. The van der Waals surface area contributed by atoms with Crippen LogP contribution in [-0.4, -0.2) is 36.3 Å². The molecule has 1 heterocycles. The fraction of sp³-hybridized carbons (Fsp3) is 0.304. The van der Waals surface area contributed by atoms with Gasteiger partial charge in [0.25, 0.3) is 11.8 Å². The van der Waals surface area contributed by atoms with E-state index >= 15 is 0 Å². The highest BCUT2D eigenvalue weighted by Crippen LogP contribution is 2.34. The van der Waals surface area contributed by atoms with E-state index in [2.05, 4.69) is 5.32 Å². The molecule has 2 aromatic carbocycles. The summed E-state index contributed by atoms with van der Waals surface area (Å²) in [4.78, 5) is 26.7. The van der Waals surface area contributed by atoms with Gasteiger partial charge >= 0.3 is 0 Å². The molecule has 0 aromatic heterocycles. The van der Waals surface area contributed by atoms with Crippen molar-refractivity contribution >= 4 is 23.2 Å². The maximum Gasteiger partial charge on any atom is 0.269 e. The Labute approximate surface area is 176 Å². The molecule has 0 unspecified atom stereocenters. The number of amides is 2. The minimum Gasteiger partial charge on any atom is -0.398 e. The number of nitrogens with zero attached hydrogens (tertiary/aromatic N) is 1. The number of nitrogens with one attached hydrogen (secondary N) is 1. The predicted molar refractivity (Wildman–Crippen MR) is 120 cm³/mol. The molecule has 7 nitrogen and oxygen atoms in total. The molecule has 1 fully saturated rings. The Morgan fingerprint density at radius 2 is 1.83 bits per heavy atom. The van der Waals surface area contributed by atoms with Gasteiger partial charge in [0.15, 0.2) is 0 Å². The Hall–Kier alpha value is -3.48. The molecule has 1 aliphatic rings. The van der Waals surface area contributed by atoms with E-state index in [0.29, 0.717) is 23.4 Å². The Morgan fingerprint density at radius 3 is 2.47 bits per heavy atom. The van der Waals surface area contributed by atoms with E-state index in [-0.39, 0.29) is 17.3 Å². The standard InChI is InChI=1S/C23H29N5O2/c1-3-10-27-22(29)21(26)20(25)17-7-4-6-16(19(17)24)18-13-15(9-8-14(18)2)23(30)28-11-5-12-28/h4,6-9,13H,3,5,10-12,24-26H2,1-2H3,(H,27,29)/b21-20+. The molecule has 3 rings (SSSR count). The molecule has 7 heteroatoms. The molecule has 1 saturated heterocycles. The molecule has 0 saturated carbocycles. The first-order valence-electron chi connectivity index (χ1n) is 10.2. The van der Waals surface area contributed by atoms with Crippen molar-refractivity contribution in [1.82, 2.24) is 10.2 Å². The summed E-state index contributed by atoms with van der Waals surface area (Å²) in [7, 11) is 0. The summed E-state index contributed by atoms with van der Waals surface area (Å²) in [5, 5.41) is 2.71. The second kappa shape index (κ2) is 8.90. The minimum atomic E-state index is -0.419. The molecule has 2 amide bonds. The van der Waals surface area contributed by atoms with Crippen molar-refractivity contribution in [2.75, 3.05) is 25.4 Å². The molecular formula is C23H29N5O2. The number of benzene rings is 2. The maximum atomic E-state index is 12.6. The predicted octanol–water partition coefficient (Wildman–Crippen LogP) is 2.20. The summed E-state index contributed by atoms with van der Waals surface area (Å²) in [5.74, 6) is -0.397. The van der Waals surface area contributed by atoms with Crippen molar-refractivity contribution < 1.29 is 9.59 Å². The van der Waals surface area contributed by atoms with Crippen LogP contribution < -0.4 is 22.5 Å². The molecule has 1 aliphatic heterocycles. The van der Waals surface area contributed by atoms with Crippen molar-refractivity contribution in [3.63, 3.8) is 0 Å². The van der Waals surface area contributed by atoms with E-state index in [0.717, 1.165) is 42.6 Å². The molecule has 158 valence electrons. The second-order valence-electron chi connectivity index (χ2n) is 7.53. The van der Waals surface area contributed by atoms with Crippen LogP contribution in [0.15, 0.2) is 42.1 Å². The van der Waals surface area contributed by atoms with Gasteiger partial charge in [-0.2, -0.15) is 0 Å². The van der Waals surface area contributed by atoms with Crippen LogP contribution in [0.5, 0.6) is 0 Å². The molecule has 2 aromatic rings. The highest BCUT2D eigenvalue weighted by molar-refractivity contribution is 6.02. The lowest BCUT2D eigenvalue weighted by Crippen LogP contribution is -2.42. The van der Waals surface area contributed by atoms with Gasteiger partial charge in [-0.3, -0.25) is 9.59 Å². The molecular weight excluding hydrogens is 378 g/mol. The third kappa shape index (κ3) is 4.10. The first-order valence-corrected chi connectivity index (χ1v) is 10.2. The molecule has 0 atom stereocenters. The van der Waals surface area contributed by atoms with Gasteiger partial charge in [0.2, 0.25) is 0 Å². The monoisotopic (exact) mass is 407 g/mol. The van der Waals surface area contributed by atoms with Crippen LogP contribution in [0.25, 0.3) is 16.8 Å². The number of nitrogen functional groups attached to an aromatic ring is 1. The van der Waals surface area contributed by atoms with Crippen LogP contribution in [-0.2, 0) is 4.79 Å². The second-order valence-corrected chi connectivity index (χ2v) is 7.53. The molecule has 0 aliphatic carbocycles. The van der Waals surface area contributed by atoms with Gasteiger partial charge in [0, 0.05) is 42.0 Å². The zero-order chi connectivity index (χ0) is 21.8. The smallest absolute Gasteiger partial charge is 0.269 e. The number of carbonyl (C=O) groups is 2. The average molecular weight is 408 g/mol. The lowest BCUT2D eigenvalue weighted by Gasteiger charge is -2.31. The highest BCUT2D eigenvalue weighted by Gasteiger charge is 2.23. The molecule has 30 heavy (non-hydrogen) atoms. The van der Waals surface area contributed by atoms with E-state index in [1.807, 2.05) is 49.1 Å². The Bertz CT molecular complexity index is 1010. The van der Waals surface area contributed by atoms with Crippen molar-refractivity contribution in [2.24, 2.45) is 11.5 Å². The third-order valence-corrected chi connectivity index (χ3v) is 5.38. The van der Waals surface area contributed by atoms with Crippen molar-refractivity contribution in [1.29, 1.82) is 0 Å². The Kier molecular flexibility index (Phi) is 6.30. The van der Waals surface area contributed by atoms with Gasteiger partial charge in [-0.1, -0.05) is 31.2 Å². The number of aryl methyl sites for hydroxylation is 1. The van der Waals surface area contributed by atoms with Crippen LogP contribution in [0.4, 0.5) is 5.69 Å². The zero-order valence-corrected chi connectivity index (χ0v) is 17.5. The lowest BCUT2D eigenvalue weighted by atomic mass is 9.93. The fourth-order valence-corrected chi connectivity index (χ4v) is 3.38. The number of hydrogen-bond donors (Lipinski definition) is 4. The van der Waals surface area contributed by atoms with Gasteiger partial charge in [-0.05, 0) is 43.0 Å². The first-order chi connectivity index (χ1) is 14.3. The maximum absolute atomic E-state index is 12.6. The number of para-hydroxylation sites is 1. The summed E-state index contributed by atoms with van der Waals surface area (Å²) in [6.45, 7) is 6.01. The third-order valence-electron chi connectivity index (χ3n) is 5.38. The van der Waals surface area contributed by atoms with Crippen LogP contribution in [0, 0.1) is 6.92 Å². The van der Waals surface area contributed by atoms with Gasteiger partial charge in [0.05, 0.1) is 5.70 Å². The molecule has 7 N–H and O–H groups in total. The average Bonchev–Trinajstić information content (AvgIpc) is 2.70. The van der Waals surface area contributed by atoms with Crippen LogP contribution >= 0.6 is 0 Å². The number of rotatable bonds is 6. The van der Waals surface area contributed by atoms with E-state index in [1.165, 1.54) is 0 Å². The quantitative estimate of drug-likeness (QED) is 0.431. The van der Waals surface area contributed by atoms with E-state index in [9.17, 15) is 9.59 Å². The topological polar surface area (TPSA) is 127 Å². The Morgan fingerprint density at radius 1 is 1.10 bits per heavy atom. The number of hydrogen-bond acceptors (Lipinski definition) is 5. The summed E-state index contributed by atoms with van der Waals surface area (Å²) in [5.41, 5.74) is 22.8. The molecule has 0 radical (unpaired) electrons. The molecule has 0 spiro atoms. The molecule has 0 bridgehead atoms. The van der Waals surface area contributed by atoms with Crippen LogP contribution in [0.3, 0.4) is 0 Å². The van der Waals surface area contributed by atoms with E-state index in [1.54, 1.807) is 6.07 Å². The summed E-state index contributed by atoms with van der Waals surface area (Å²) in [6, 6.07) is 11.0.